The molecule has 0 unspecified atom stereocenters. The van der Waals surface area contributed by atoms with Crippen LogP contribution in [0.15, 0.2) is 18.5 Å². The SMILES string of the molecule is CCOC(=O)c1cnccc1NCC1CCCCC1. The van der Waals surface area contributed by atoms with Gasteiger partial charge < -0.3 is 10.1 Å². The van der Waals surface area contributed by atoms with Crippen LogP contribution >= 0.6 is 0 Å². The second-order valence-corrected chi connectivity index (χ2v) is 5.03. The van der Waals surface area contributed by atoms with E-state index in [0.29, 0.717) is 12.2 Å². The molecular formula is C15H22N2O2. The second-order valence-electron chi connectivity index (χ2n) is 5.03. The van der Waals surface area contributed by atoms with Gasteiger partial charge >= 0.3 is 5.97 Å². The maximum Gasteiger partial charge on any atom is 0.341 e. The fourth-order valence-corrected chi connectivity index (χ4v) is 2.57. The molecule has 4 nitrogen and oxygen atoms in total. The van der Waals surface area contributed by atoms with Crippen molar-refractivity contribution in [3.63, 3.8) is 0 Å². The topological polar surface area (TPSA) is 51.2 Å². The Balaban J connectivity index is 1.97. The number of esters is 1. The van der Waals surface area contributed by atoms with Crippen molar-refractivity contribution in [2.75, 3.05) is 18.5 Å². The van der Waals surface area contributed by atoms with Gasteiger partial charge in [0.25, 0.3) is 0 Å². The Morgan fingerprint density at radius 1 is 1.42 bits per heavy atom. The highest BCUT2D eigenvalue weighted by Crippen LogP contribution is 2.24. The van der Waals surface area contributed by atoms with Gasteiger partial charge in [0, 0.05) is 18.9 Å². The highest BCUT2D eigenvalue weighted by atomic mass is 16.5. The Morgan fingerprint density at radius 3 is 2.95 bits per heavy atom. The van der Waals surface area contributed by atoms with E-state index in [1.807, 2.05) is 13.0 Å². The van der Waals surface area contributed by atoms with Gasteiger partial charge in [-0.05, 0) is 31.7 Å². The molecule has 1 aromatic heterocycles. The van der Waals surface area contributed by atoms with Crippen molar-refractivity contribution >= 4 is 11.7 Å². The van der Waals surface area contributed by atoms with E-state index in [4.69, 9.17) is 4.74 Å². The Hall–Kier alpha value is -1.58. The molecule has 0 amide bonds. The summed E-state index contributed by atoms with van der Waals surface area (Å²) in [6.45, 7) is 3.12. The maximum absolute atomic E-state index is 11.8. The fourth-order valence-electron chi connectivity index (χ4n) is 2.57. The van der Waals surface area contributed by atoms with E-state index in [2.05, 4.69) is 10.3 Å². The summed E-state index contributed by atoms with van der Waals surface area (Å²) in [5.41, 5.74) is 1.36. The van der Waals surface area contributed by atoms with Gasteiger partial charge in [0.1, 0.15) is 5.56 Å². The number of nitrogens with zero attached hydrogens (tertiary/aromatic N) is 1. The summed E-state index contributed by atoms with van der Waals surface area (Å²) in [6.07, 6.45) is 9.85. The molecule has 2 rings (SSSR count). The number of carbonyl (C=O) groups is 1. The van der Waals surface area contributed by atoms with Gasteiger partial charge in [0.2, 0.25) is 0 Å². The molecule has 0 spiro atoms. The number of nitrogens with one attached hydrogen (secondary N) is 1. The minimum atomic E-state index is -0.304. The van der Waals surface area contributed by atoms with Gasteiger partial charge in [-0.3, -0.25) is 4.98 Å². The summed E-state index contributed by atoms with van der Waals surface area (Å²) in [6, 6.07) is 1.84. The first kappa shape index (κ1) is 13.8. The molecule has 1 N–H and O–H groups in total. The Kier molecular flexibility index (Phi) is 5.19. The zero-order valence-electron chi connectivity index (χ0n) is 11.5. The molecule has 0 bridgehead atoms. The Bertz CT molecular complexity index is 414. The van der Waals surface area contributed by atoms with Crippen LogP contribution in [0.3, 0.4) is 0 Å². The van der Waals surface area contributed by atoms with E-state index in [9.17, 15) is 4.79 Å². The molecule has 0 saturated heterocycles. The average Bonchev–Trinajstić information content (AvgIpc) is 2.47. The summed E-state index contributed by atoms with van der Waals surface area (Å²) >= 11 is 0. The first-order valence-corrected chi connectivity index (χ1v) is 7.16. The first-order valence-electron chi connectivity index (χ1n) is 7.16. The van der Waals surface area contributed by atoms with Crippen molar-refractivity contribution in [1.82, 2.24) is 4.98 Å². The third-order valence-corrected chi connectivity index (χ3v) is 3.62. The quantitative estimate of drug-likeness (QED) is 0.828. The third kappa shape index (κ3) is 3.94. The van der Waals surface area contributed by atoms with E-state index < -0.39 is 0 Å². The van der Waals surface area contributed by atoms with Crippen molar-refractivity contribution in [2.24, 2.45) is 5.92 Å². The van der Waals surface area contributed by atoms with Crippen LogP contribution in [-0.4, -0.2) is 24.1 Å². The molecule has 0 radical (unpaired) electrons. The normalized spacial score (nSPS) is 16.1. The van der Waals surface area contributed by atoms with Crippen LogP contribution in [-0.2, 0) is 4.74 Å². The molecular weight excluding hydrogens is 240 g/mol. The summed E-state index contributed by atoms with van der Waals surface area (Å²) in [5, 5.41) is 3.38. The van der Waals surface area contributed by atoms with Crippen LogP contribution in [0.25, 0.3) is 0 Å². The summed E-state index contributed by atoms with van der Waals surface area (Å²) in [4.78, 5) is 15.8. The molecule has 4 heteroatoms. The minimum absolute atomic E-state index is 0.304. The number of hydrogen-bond acceptors (Lipinski definition) is 4. The smallest absolute Gasteiger partial charge is 0.341 e. The van der Waals surface area contributed by atoms with Crippen LogP contribution in [0, 0.1) is 5.92 Å². The van der Waals surface area contributed by atoms with E-state index >= 15 is 0 Å². The summed E-state index contributed by atoms with van der Waals surface area (Å²) < 4.78 is 5.04. The zero-order valence-corrected chi connectivity index (χ0v) is 11.5. The number of rotatable bonds is 5. The van der Waals surface area contributed by atoms with Gasteiger partial charge in [0.15, 0.2) is 0 Å². The molecule has 0 atom stereocenters. The molecule has 19 heavy (non-hydrogen) atoms. The standard InChI is InChI=1S/C15H22N2O2/c1-2-19-15(18)13-11-16-9-8-14(13)17-10-12-6-4-3-5-7-12/h8-9,11-12H,2-7,10H2,1H3,(H,16,17). The fraction of sp³-hybridized carbons (Fsp3) is 0.600. The third-order valence-electron chi connectivity index (χ3n) is 3.62. The van der Waals surface area contributed by atoms with Crippen LogP contribution < -0.4 is 5.32 Å². The van der Waals surface area contributed by atoms with Crippen molar-refractivity contribution in [1.29, 1.82) is 0 Å². The second kappa shape index (κ2) is 7.12. The van der Waals surface area contributed by atoms with Crippen molar-refractivity contribution in [3.05, 3.63) is 24.0 Å². The number of anilines is 1. The van der Waals surface area contributed by atoms with E-state index in [-0.39, 0.29) is 5.97 Å². The lowest BCUT2D eigenvalue weighted by molar-refractivity contribution is 0.0527. The molecule has 1 aliphatic carbocycles. The van der Waals surface area contributed by atoms with Crippen LogP contribution in [0.2, 0.25) is 0 Å². The molecule has 1 heterocycles. The highest BCUT2D eigenvalue weighted by Gasteiger charge is 2.16. The predicted octanol–water partition coefficient (Wildman–Crippen LogP) is 3.25. The van der Waals surface area contributed by atoms with Gasteiger partial charge in [0.05, 0.1) is 12.3 Å². The summed E-state index contributed by atoms with van der Waals surface area (Å²) in [7, 11) is 0. The lowest BCUT2D eigenvalue weighted by Crippen LogP contribution is -2.19. The number of carbonyl (C=O) groups excluding carboxylic acids is 1. The van der Waals surface area contributed by atoms with Crippen molar-refractivity contribution < 1.29 is 9.53 Å². The van der Waals surface area contributed by atoms with Gasteiger partial charge in [-0.2, -0.15) is 0 Å². The van der Waals surface area contributed by atoms with Crippen molar-refractivity contribution in [2.45, 2.75) is 39.0 Å². The lowest BCUT2D eigenvalue weighted by atomic mass is 9.89. The molecule has 0 aliphatic heterocycles. The minimum Gasteiger partial charge on any atom is -0.462 e. The number of aromatic nitrogens is 1. The predicted molar refractivity (Wildman–Crippen MR) is 75.3 cm³/mol. The average molecular weight is 262 g/mol. The Labute approximate surface area is 114 Å². The zero-order chi connectivity index (χ0) is 13.5. The largest absolute Gasteiger partial charge is 0.462 e. The lowest BCUT2D eigenvalue weighted by Gasteiger charge is -2.22. The molecule has 1 saturated carbocycles. The van der Waals surface area contributed by atoms with Gasteiger partial charge in [-0.15, -0.1) is 0 Å². The van der Waals surface area contributed by atoms with E-state index in [1.54, 1.807) is 12.4 Å². The van der Waals surface area contributed by atoms with E-state index in [0.717, 1.165) is 18.2 Å². The number of pyridine rings is 1. The Morgan fingerprint density at radius 2 is 2.21 bits per heavy atom. The molecule has 104 valence electrons. The van der Waals surface area contributed by atoms with E-state index in [1.165, 1.54) is 32.1 Å². The van der Waals surface area contributed by atoms with Crippen LogP contribution in [0.5, 0.6) is 0 Å². The molecule has 0 aromatic carbocycles. The summed E-state index contributed by atoms with van der Waals surface area (Å²) in [5.74, 6) is 0.415. The number of ether oxygens (including phenoxy) is 1. The van der Waals surface area contributed by atoms with Gasteiger partial charge in [-0.1, -0.05) is 19.3 Å². The number of hydrogen-bond donors (Lipinski definition) is 1. The first-order chi connectivity index (χ1) is 9.31. The molecule has 1 aliphatic rings. The highest BCUT2D eigenvalue weighted by molar-refractivity contribution is 5.95. The van der Waals surface area contributed by atoms with Crippen LogP contribution in [0.1, 0.15) is 49.4 Å². The van der Waals surface area contributed by atoms with Gasteiger partial charge in [-0.25, -0.2) is 4.79 Å². The molecule has 1 aromatic rings. The van der Waals surface area contributed by atoms with Crippen LogP contribution in [0.4, 0.5) is 5.69 Å². The molecule has 1 fully saturated rings. The maximum atomic E-state index is 11.8. The van der Waals surface area contributed by atoms with Crippen molar-refractivity contribution in [3.8, 4) is 0 Å². The monoisotopic (exact) mass is 262 g/mol.